The molecule has 0 saturated carbocycles. The first-order valence-electron chi connectivity index (χ1n) is 14.8. The molecule has 4 rings (SSSR count). The Labute approximate surface area is 248 Å². The number of ether oxygens (including phenoxy) is 4. The van der Waals surface area contributed by atoms with Crippen molar-refractivity contribution in [3.8, 4) is 23.0 Å². The normalized spacial score (nSPS) is 21.2. The summed E-state index contributed by atoms with van der Waals surface area (Å²) in [7, 11) is 0. The fraction of sp³-hybridized carbons (Fsp3) is 0.529. The molecule has 2 heterocycles. The topological polar surface area (TPSA) is 112 Å². The summed E-state index contributed by atoms with van der Waals surface area (Å²) in [4.78, 5) is 24.4. The minimum atomic E-state index is -0.608. The predicted molar refractivity (Wildman–Crippen MR) is 159 cm³/mol. The molecule has 2 aliphatic heterocycles. The number of phenols is 2. The lowest BCUT2D eigenvalue weighted by Gasteiger charge is -2.34. The Morgan fingerprint density at radius 3 is 1.38 bits per heavy atom. The van der Waals surface area contributed by atoms with Crippen LogP contribution in [0.15, 0.2) is 12.2 Å². The maximum absolute atomic E-state index is 12.2. The van der Waals surface area contributed by atoms with E-state index in [0.29, 0.717) is 24.3 Å². The summed E-state index contributed by atoms with van der Waals surface area (Å²) >= 11 is 0. The number of fused-ring (bicyclic) bond motifs is 2. The Bertz CT molecular complexity index is 1300. The van der Waals surface area contributed by atoms with Gasteiger partial charge in [-0.05, 0) is 114 Å². The fourth-order valence-electron chi connectivity index (χ4n) is 6.10. The second-order valence-corrected chi connectivity index (χ2v) is 11.9. The Morgan fingerprint density at radius 2 is 1.02 bits per heavy atom. The van der Waals surface area contributed by atoms with Crippen molar-refractivity contribution >= 4 is 11.9 Å². The van der Waals surface area contributed by atoms with E-state index in [1.165, 1.54) is 0 Å². The number of esters is 2. The highest BCUT2D eigenvalue weighted by atomic mass is 16.5. The van der Waals surface area contributed by atoms with E-state index in [4.69, 9.17) is 18.9 Å². The minimum absolute atomic E-state index is 0.0581. The molecule has 228 valence electrons. The van der Waals surface area contributed by atoms with Gasteiger partial charge in [0.25, 0.3) is 0 Å². The number of hydrogen-bond donors (Lipinski definition) is 2. The van der Waals surface area contributed by atoms with Crippen molar-refractivity contribution in [2.45, 2.75) is 93.3 Å². The SMILES string of the molecule is Cc1c(C)c2c(c(C)c1O)CC(CCOC(=O)/C=C/C(=O)OCCC1Cc3c(C)c(O)c(C)c(C)c3OC1C)C(C)O2. The first kappa shape index (κ1) is 31.3. The first-order chi connectivity index (χ1) is 19.8. The largest absolute Gasteiger partial charge is 0.507 e. The van der Waals surface area contributed by atoms with Gasteiger partial charge in [0.05, 0.1) is 25.4 Å². The summed E-state index contributed by atoms with van der Waals surface area (Å²) < 4.78 is 23.1. The van der Waals surface area contributed by atoms with E-state index in [1.54, 1.807) is 0 Å². The number of rotatable bonds is 8. The smallest absolute Gasteiger partial charge is 0.331 e. The molecule has 0 aromatic heterocycles. The third kappa shape index (κ3) is 6.22. The summed E-state index contributed by atoms with van der Waals surface area (Å²) in [6.07, 6.45) is 4.71. The van der Waals surface area contributed by atoms with Crippen LogP contribution < -0.4 is 9.47 Å². The average Bonchev–Trinajstić information content (AvgIpc) is 2.96. The molecule has 0 amide bonds. The predicted octanol–water partition coefficient (Wildman–Crippen LogP) is 5.95. The molecule has 0 saturated heterocycles. The summed E-state index contributed by atoms with van der Waals surface area (Å²) in [5.41, 5.74) is 7.25. The van der Waals surface area contributed by atoms with Gasteiger partial charge in [-0.2, -0.15) is 0 Å². The number of carbonyl (C=O) groups is 2. The molecule has 8 nitrogen and oxygen atoms in total. The van der Waals surface area contributed by atoms with Crippen molar-refractivity contribution < 1.29 is 38.7 Å². The van der Waals surface area contributed by atoms with E-state index in [2.05, 4.69) is 0 Å². The Kier molecular flexibility index (Phi) is 9.43. The average molecular weight is 581 g/mol. The summed E-state index contributed by atoms with van der Waals surface area (Å²) in [5.74, 6) is 1.34. The zero-order valence-corrected chi connectivity index (χ0v) is 26.1. The van der Waals surface area contributed by atoms with Gasteiger partial charge in [-0.25, -0.2) is 9.59 Å². The lowest BCUT2D eigenvalue weighted by Crippen LogP contribution is -2.32. The molecular formula is C34H44O8. The summed E-state index contributed by atoms with van der Waals surface area (Å²) in [5, 5.41) is 20.9. The molecule has 42 heavy (non-hydrogen) atoms. The van der Waals surface area contributed by atoms with Crippen LogP contribution in [0.1, 0.15) is 71.2 Å². The van der Waals surface area contributed by atoms with E-state index in [0.717, 1.165) is 81.0 Å². The molecule has 0 fully saturated rings. The van der Waals surface area contributed by atoms with E-state index >= 15 is 0 Å². The van der Waals surface area contributed by atoms with Crippen LogP contribution in [0.4, 0.5) is 0 Å². The number of benzene rings is 2. The van der Waals surface area contributed by atoms with Crippen molar-refractivity contribution in [3.05, 3.63) is 56.7 Å². The maximum atomic E-state index is 12.2. The van der Waals surface area contributed by atoms with E-state index in [1.807, 2.05) is 55.4 Å². The zero-order valence-electron chi connectivity index (χ0n) is 26.1. The summed E-state index contributed by atoms with van der Waals surface area (Å²) in [6.45, 7) is 15.9. The van der Waals surface area contributed by atoms with Gasteiger partial charge in [-0.3, -0.25) is 0 Å². The fourth-order valence-corrected chi connectivity index (χ4v) is 6.10. The van der Waals surface area contributed by atoms with Crippen LogP contribution in [-0.4, -0.2) is 47.6 Å². The second kappa shape index (κ2) is 12.7. The highest BCUT2D eigenvalue weighted by Gasteiger charge is 2.32. The quantitative estimate of drug-likeness (QED) is 0.291. The van der Waals surface area contributed by atoms with Gasteiger partial charge in [0, 0.05) is 35.1 Å². The van der Waals surface area contributed by atoms with Crippen LogP contribution in [0.3, 0.4) is 0 Å². The number of hydrogen-bond acceptors (Lipinski definition) is 8. The molecule has 2 N–H and O–H groups in total. The Hall–Kier alpha value is -3.68. The number of aromatic hydroxyl groups is 2. The molecule has 2 aromatic carbocycles. The Morgan fingerprint density at radius 1 is 0.667 bits per heavy atom. The van der Waals surface area contributed by atoms with Crippen LogP contribution in [0.25, 0.3) is 0 Å². The standard InChI is InChI=1S/C34H44O8/c1-17-19(3)33-27(21(5)31(17)37)15-25(23(7)41-33)11-13-39-29(35)9-10-30(36)40-14-12-26-16-28-22(6)32(38)18(2)20(4)34(28)42-24(26)8/h9-10,23-26,37-38H,11-16H2,1-8H3/b10-9+. The third-order valence-electron chi connectivity index (χ3n) is 9.37. The van der Waals surface area contributed by atoms with Gasteiger partial charge in [0.2, 0.25) is 0 Å². The van der Waals surface area contributed by atoms with Gasteiger partial charge in [0.15, 0.2) is 0 Å². The molecule has 2 aromatic rings. The molecule has 2 aliphatic rings. The van der Waals surface area contributed by atoms with Crippen molar-refractivity contribution in [2.24, 2.45) is 11.8 Å². The van der Waals surface area contributed by atoms with Gasteiger partial charge < -0.3 is 29.2 Å². The van der Waals surface area contributed by atoms with E-state index in [9.17, 15) is 19.8 Å². The zero-order chi connectivity index (χ0) is 30.9. The highest BCUT2D eigenvalue weighted by Crippen LogP contribution is 2.44. The van der Waals surface area contributed by atoms with Crippen LogP contribution in [0.5, 0.6) is 23.0 Å². The monoisotopic (exact) mass is 580 g/mol. The maximum Gasteiger partial charge on any atom is 0.331 e. The van der Waals surface area contributed by atoms with E-state index in [-0.39, 0.29) is 37.3 Å². The molecular weight excluding hydrogens is 536 g/mol. The lowest BCUT2D eigenvalue weighted by atomic mass is 9.84. The van der Waals surface area contributed by atoms with Crippen molar-refractivity contribution in [2.75, 3.05) is 13.2 Å². The molecule has 0 bridgehead atoms. The van der Waals surface area contributed by atoms with Crippen LogP contribution in [0.2, 0.25) is 0 Å². The highest BCUT2D eigenvalue weighted by molar-refractivity contribution is 5.91. The third-order valence-corrected chi connectivity index (χ3v) is 9.37. The first-order valence-corrected chi connectivity index (χ1v) is 14.8. The molecule has 8 heteroatoms. The lowest BCUT2D eigenvalue weighted by molar-refractivity contribution is -0.141. The van der Waals surface area contributed by atoms with Crippen molar-refractivity contribution in [1.82, 2.24) is 0 Å². The van der Waals surface area contributed by atoms with Gasteiger partial charge in [-0.1, -0.05) is 0 Å². The van der Waals surface area contributed by atoms with Crippen molar-refractivity contribution in [1.29, 1.82) is 0 Å². The molecule has 0 spiro atoms. The van der Waals surface area contributed by atoms with Gasteiger partial charge in [-0.15, -0.1) is 0 Å². The molecule has 4 atom stereocenters. The molecule has 0 aliphatic carbocycles. The number of phenolic OH excluding ortho intramolecular Hbond substituents is 2. The van der Waals surface area contributed by atoms with Gasteiger partial charge in [0.1, 0.15) is 23.0 Å². The van der Waals surface area contributed by atoms with Gasteiger partial charge >= 0.3 is 11.9 Å². The van der Waals surface area contributed by atoms with Crippen LogP contribution in [-0.2, 0) is 31.9 Å². The van der Waals surface area contributed by atoms with Crippen molar-refractivity contribution in [3.63, 3.8) is 0 Å². The summed E-state index contributed by atoms with van der Waals surface area (Å²) in [6, 6.07) is 0. The molecule has 0 radical (unpaired) electrons. The number of carbonyl (C=O) groups excluding carboxylic acids is 2. The van der Waals surface area contributed by atoms with Crippen LogP contribution >= 0.6 is 0 Å². The van der Waals surface area contributed by atoms with Crippen LogP contribution in [0, 0.1) is 53.4 Å². The molecule has 4 unspecified atom stereocenters. The Balaban J connectivity index is 1.21. The minimum Gasteiger partial charge on any atom is -0.507 e. The van der Waals surface area contributed by atoms with E-state index < -0.39 is 11.9 Å². The second-order valence-electron chi connectivity index (χ2n) is 11.9.